The first-order valence-corrected chi connectivity index (χ1v) is 10.1. The van der Waals surface area contributed by atoms with Gasteiger partial charge >= 0.3 is 0 Å². The van der Waals surface area contributed by atoms with Crippen molar-refractivity contribution in [2.75, 3.05) is 0 Å². The van der Waals surface area contributed by atoms with E-state index in [-0.39, 0.29) is 0 Å². The molecular weight excluding hydrogens is 396 g/mol. The number of benzene rings is 2. The second-order valence-electron chi connectivity index (χ2n) is 6.46. The predicted octanol–water partition coefficient (Wildman–Crippen LogP) is 5.86. The Balaban J connectivity index is 1.40. The van der Waals surface area contributed by atoms with Crippen LogP contribution in [0.3, 0.4) is 0 Å². The zero-order valence-electron chi connectivity index (χ0n) is 15.3. The van der Waals surface area contributed by atoms with Crippen LogP contribution in [0.15, 0.2) is 62.7 Å². The van der Waals surface area contributed by atoms with Crippen LogP contribution in [0, 0.1) is 0 Å². The van der Waals surface area contributed by atoms with Gasteiger partial charge in [-0.25, -0.2) is 0 Å². The Morgan fingerprint density at radius 3 is 2.39 bits per heavy atom. The van der Waals surface area contributed by atoms with Crippen LogP contribution in [0.25, 0.3) is 22.8 Å². The van der Waals surface area contributed by atoms with Gasteiger partial charge in [0.2, 0.25) is 17.6 Å². The molecule has 142 valence electrons. The van der Waals surface area contributed by atoms with Gasteiger partial charge in [-0.3, -0.25) is 0 Å². The van der Waals surface area contributed by atoms with Crippen LogP contribution in [-0.2, 0) is 5.75 Å². The van der Waals surface area contributed by atoms with Crippen LogP contribution in [0.4, 0.5) is 0 Å². The van der Waals surface area contributed by atoms with Crippen molar-refractivity contribution in [1.82, 2.24) is 20.3 Å². The molecule has 4 aromatic rings. The van der Waals surface area contributed by atoms with Gasteiger partial charge in [-0.15, -0.1) is 10.2 Å². The van der Waals surface area contributed by atoms with E-state index in [1.54, 1.807) is 12.1 Å². The highest BCUT2D eigenvalue weighted by molar-refractivity contribution is 7.98. The average Bonchev–Trinajstić information content (AvgIpc) is 3.37. The molecule has 0 aliphatic heterocycles. The summed E-state index contributed by atoms with van der Waals surface area (Å²) in [6, 6.07) is 15.4. The molecule has 0 radical (unpaired) electrons. The lowest BCUT2D eigenvalue weighted by atomic mass is 10.0. The molecule has 2 aromatic carbocycles. The van der Waals surface area contributed by atoms with Crippen molar-refractivity contribution in [3.8, 4) is 22.8 Å². The van der Waals surface area contributed by atoms with Crippen molar-refractivity contribution in [2.45, 2.75) is 30.7 Å². The summed E-state index contributed by atoms with van der Waals surface area (Å²) in [6.07, 6.45) is 0. The van der Waals surface area contributed by atoms with Crippen LogP contribution in [-0.4, -0.2) is 20.3 Å². The Morgan fingerprint density at radius 1 is 0.964 bits per heavy atom. The van der Waals surface area contributed by atoms with Gasteiger partial charge in [-0.2, -0.15) is 4.98 Å². The first-order valence-electron chi connectivity index (χ1n) is 8.73. The number of nitrogens with zero attached hydrogens (tertiary/aromatic N) is 4. The molecule has 6 nitrogen and oxygen atoms in total. The third-order valence-corrected chi connectivity index (χ3v) is 5.18. The van der Waals surface area contributed by atoms with Crippen molar-refractivity contribution >= 4 is 23.4 Å². The summed E-state index contributed by atoms with van der Waals surface area (Å²) >= 11 is 7.24. The summed E-state index contributed by atoms with van der Waals surface area (Å²) < 4.78 is 11.0. The fraction of sp³-hybridized carbons (Fsp3) is 0.200. The Labute approximate surface area is 171 Å². The standard InChI is InChI=1S/C20H17ClN4O2S/c1-12(2)13-3-5-14(6-4-13)18-22-17(27-25-18)11-28-20-24-23-19(26-20)15-7-9-16(21)10-8-15/h3-10,12H,11H2,1-2H3. The van der Waals surface area contributed by atoms with Gasteiger partial charge in [0.25, 0.3) is 5.22 Å². The molecule has 0 aliphatic carbocycles. The van der Waals surface area contributed by atoms with E-state index in [0.717, 1.165) is 11.1 Å². The summed E-state index contributed by atoms with van der Waals surface area (Å²) in [6.45, 7) is 4.32. The van der Waals surface area contributed by atoms with E-state index in [4.69, 9.17) is 20.5 Å². The maximum atomic E-state index is 5.90. The monoisotopic (exact) mass is 412 g/mol. The van der Waals surface area contributed by atoms with Gasteiger partial charge in [0.15, 0.2) is 0 Å². The normalized spacial score (nSPS) is 11.3. The topological polar surface area (TPSA) is 77.8 Å². The van der Waals surface area contributed by atoms with E-state index < -0.39 is 0 Å². The SMILES string of the molecule is CC(C)c1ccc(-c2noc(CSc3nnc(-c4ccc(Cl)cc4)o3)n2)cc1. The van der Waals surface area contributed by atoms with Crippen molar-refractivity contribution < 1.29 is 8.94 Å². The van der Waals surface area contributed by atoms with Crippen molar-refractivity contribution in [3.63, 3.8) is 0 Å². The molecule has 0 amide bonds. The van der Waals surface area contributed by atoms with E-state index in [9.17, 15) is 0 Å². The molecule has 28 heavy (non-hydrogen) atoms. The molecule has 0 unspecified atom stereocenters. The summed E-state index contributed by atoms with van der Waals surface area (Å²) in [5, 5.41) is 13.2. The molecular formula is C20H17ClN4O2S. The zero-order chi connectivity index (χ0) is 19.5. The third-order valence-electron chi connectivity index (χ3n) is 4.12. The van der Waals surface area contributed by atoms with Crippen molar-refractivity contribution in [1.29, 1.82) is 0 Å². The molecule has 0 N–H and O–H groups in total. The molecule has 0 bridgehead atoms. The lowest BCUT2D eigenvalue weighted by molar-refractivity contribution is 0.391. The smallest absolute Gasteiger partial charge is 0.277 e. The summed E-state index contributed by atoms with van der Waals surface area (Å²) in [7, 11) is 0. The molecule has 2 heterocycles. The second-order valence-corrected chi connectivity index (χ2v) is 7.82. The highest BCUT2D eigenvalue weighted by Gasteiger charge is 2.13. The Bertz CT molecular complexity index is 1060. The zero-order valence-corrected chi connectivity index (χ0v) is 16.9. The number of hydrogen-bond donors (Lipinski definition) is 0. The number of halogens is 1. The van der Waals surface area contributed by atoms with Gasteiger partial charge in [0.05, 0.1) is 5.75 Å². The van der Waals surface area contributed by atoms with Gasteiger partial charge < -0.3 is 8.94 Å². The summed E-state index contributed by atoms with van der Waals surface area (Å²) in [5.74, 6) is 2.44. The fourth-order valence-corrected chi connectivity index (χ4v) is 3.28. The highest BCUT2D eigenvalue weighted by Crippen LogP contribution is 2.27. The quantitative estimate of drug-likeness (QED) is 0.367. The van der Waals surface area contributed by atoms with Crippen LogP contribution in [0.2, 0.25) is 5.02 Å². The first-order chi connectivity index (χ1) is 13.6. The molecule has 0 saturated heterocycles. The number of thioether (sulfide) groups is 1. The molecule has 0 fully saturated rings. The van der Waals surface area contributed by atoms with E-state index in [0.29, 0.717) is 39.5 Å². The van der Waals surface area contributed by atoms with Crippen LogP contribution in [0.5, 0.6) is 0 Å². The van der Waals surface area contributed by atoms with Gasteiger partial charge in [0.1, 0.15) is 0 Å². The maximum Gasteiger partial charge on any atom is 0.277 e. The summed E-state index contributed by atoms with van der Waals surface area (Å²) in [4.78, 5) is 4.44. The largest absolute Gasteiger partial charge is 0.411 e. The van der Waals surface area contributed by atoms with Gasteiger partial charge in [-0.1, -0.05) is 66.6 Å². The highest BCUT2D eigenvalue weighted by atomic mass is 35.5. The molecule has 2 aromatic heterocycles. The van der Waals surface area contributed by atoms with Crippen LogP contribution < -0.4 is 0 Å². The Kier molecular flexibility index (Phi) is 5.45. The molecule has 0 atom stereocenters. The lowest BCUT2D eigenvalue weighted by Gasteiger charge is -2.04. The van der Waals surface area contributed by atoms with Crippen molar-refractivity contribution in [2.24, 2.45) is 0 Å². The first kappa shape index (κ1) is 18.7. The Morgan fingerprint density at radius 2 is 1.68 bits per heavy atom. The predicted molar refractivity (Wildman–Crippen MR) is 108 cm³/mol. The minimum absolute atomic E-state index is 0.436. The van der Waals surface area contributed by atoms with Crippen molar-refractivity contribution in [3.05, 3.63) is 65.0 Å². The number of hydrogen-bond acceptors (Lipinski definition) is 7. The second kappa shape index (κ2) is 8.16. The molecule has 0 spiro atoms. The minimum Gasteiger partial charge on any atom is -0.411 e. The number of aromatic nitrogens is 4. The molecule has 0 aliphatic rings. The maximum absolute atomic E-state index is 5.90. The fourth-order valence-electron chi connectivity index (χ4n) is 2.55. The van der Waals surface area contributed by atoms with Gasteiger partial charge in [0, 0.05) is 16.1 Å². The third kappa shape index (κ3) is 4.26. The Hall–Kier alpha value is -2.64. The molecule has 4 rings (SSSR count). The summed E-state index contributed by atoms with van der Waals surface area (Å²) in [5.41, 5.74) is 3.01. The van der Waals surface area contributed by atoms with E-state index in [2.05, 4.69) is 46.3 Å². The molecule has 0 saturated carbocycles. The van der Waals surface area contributed by atoms with Crippen LogP contribution >= 0.6 is 23.4 Å². The number of rotatable bonds is 6. The van der Waals surface area contributed by atoms with E-state index >= 15 is 0 Å². The minimum atomic E-state index is 0.436. The van der Waals surface area contributed by atoms with Gasteiger partial charge in [-0.05, 0) is 35.7 Å². The van der Waals surface area contributed by atoms with Crippen LogP contribution in [0.1, 0.15) is 31.2 Å². The van der Waals surface area contributed by atoms with E-state index in [1.807, 2.05) is 24.3 Å². The lowest BCUT2D eigenvalue weighted by Crippen LogP contribution is -1.88. The van der Waals surface area contributed by atoms with E-state index in [1.165, 1.54) is 17.3 Å². The average molecular weight is 413 g/mol. The molecule has 8 heteroatoms.